The number of halogens is 1. The fourth-order valence-electron chi connectivity index (χ4n) is 3.05. The van der Waals surface area contributed by atoms with Crippen molar-refractivity contribution in [3.05, 3.63) is 60.2 Å². The smallest absolute Gasteiger partial charge is 0.232 e. The summed E-state index contributed by atoms with van der Waals surface area (Å²) < 4.78 is 24.0. The van der Waals surface area contributed by atoms with Gasteiger partial charge in [0.2, 0.25) is 17.6 Å². The largest absolute Gasteiger partial charge is 0.497 e. The summed E-state index contributed by atoms with van der Waals surface area (Å²) in [5, 5.41) is 4.01. The lowest BCUT2D eigenvalue weighted by molar-refractivity contribution is -0.117. The summed E-state index contributed by atoms with van der Waals surface area (Å²) in [6, 6.07) is 13.3. The van der Waals surface area contributed by atoms with Crippen molar-refractivity contribution in [1.29, 1.82) is 0 Å². The first-order chi connectivity index (χ1) is 12.6. The Balaban J connectivity index is 1.56. The number of hydrogen-bond donors (Lipinski definition) is 0. The van der Waals surface area contributed by atoms with Crippen molar-refractivity contribution in [1.82, 2.24) is 10.1 Å². The molecule has 0 N–H and O–H groups in total. The number of methoxy groups -OCH3 is 1. The van der Waals surface area contributed by atoms with Gasteiger partial charge in [0.15, 0.2) is 0 Å². The van der Waals surface area contributed by atoms with Crippen LogP contribution in [-0.2, 0) is 4.79 Å². The maximum atomic E-state index is 13.4. The first-order valence-corrected chi connectivity index (χ1v) is 8.18. The van der Waals surface area contributed by atoms with Gasteiger partial charge in [0, 0.05) is 24.2 Å². The summed E-state index contributed by atoms with van der Waals surface area (Å²) in [5.41, 5.74) is 1.30. The predicted octanol–water partition coefficient (Wildman–Crippen LogP) is 3.40. The molecule has 3 aromatic rings. The molecule has 6 nitrogen and oxygen atoms in total. The van der Waals surface area contributed by atoms with E-state index in [4.69, 9.17) is 9.26 Å². The second-order valence-electron chi connectivity index (χ2n) is 6.07. The van der Waals surface area contributed by atoms with Gasteiger partial charge in [-0.1, -0.05) is 23.4 Å². The van der Waals surface area contributed by atoms with E-state index in [-0.39, 0.29) is 24.1 Å². The lowest BCUT2D eigenvalue weighted by Gasteiger charge is -2.15. The molecule has 2 heterocycles. The zero-order chi connectivity index (χ0) is 18.1. The Labute approximate surface area is 149 Å². The highest BCUT2D eigenvalue weighted by molar-refractivity contribution is 5.96. The van der Waals surface area contributed by atoms with E-state index in [0.717, 1.165) is 5.56 Å². The molecule has 1 fully saturated rings. The third-order valence-corrected chi connectivity index (χ3v) is 4.36. The molecule has 0 bridgehead atoms. The van der Waals surface area contributed by atoms with Gasteiger partial charge in [-0.25, -0.2) is 4.39 Å². The molecule has 1 amide bonds. The third-order valence-electron chi connectivity index (χ3n) is 4.36. The third kappa shape index (κ3) is 3.03. The number of rotatable bonds is 4. The molecule has 132 valence electrons. The van der Waals surface area contributed by atoms with Crippen molar-refractivity contribution in [2.75, 3.05) is 18.6 Å². The Bertz CT molecular complexity index is 956. The molecular formula is C19H16FN3O3. The van der Waals surface area contributed by atoms with Crippen LogP contribution in [0.3, 0.4) is 0 Å². The first kappa shape index (κ1) is 16.3. The van der Waals surface area contributed by atoms with Gasteiger partial charge in [0.1, 0.15) is 11.6 Å². The van der Waals surface area contributed by atoms with Crippen LogP contribution in [0.5, 0.6) is 5.75 Å². The Hall–Kier alpha value is -3.22. The zero-order valence-corrected chi connectivity index (χ0v) is 14.1. The molecule has 1 unspecified atom stereocenters. The Morgan fingerprint density at radius 1 is 1.23 bits per heavy atom. The maximum Gasteiger partial charge on any atom is 0.232 e. The molecule has 0 spiro atoms. The number of hydrogen-bond acceptors (Lipinski definition) is 5. The number of carbonyl (C=O) groups is 1. The van der Waals surface area contributed by atoms with Crippen LogP contribution < -0.4 is 9.64 Å². The van der Waals surface area contributed by atoms with Crippen LogP contribution in [-0.4, -0.2) is 29.7 Å². The van der Waals surface area contributed by atoms with Crippen LogP contribution in [0, 0.1) is 5.82 Å². The summed E-state index contributed by atoms with van der Waals surface area (Å²) in [6.45, 7) is 0.377. The molecule has 26 heavy (non-hydrogen) atoms. The summed E-state index contributed by atoms with van der Waals surface area (Å²) >= 11 is 0. The van der Waals surface area contributed by atoms with E-state index >= 15 is 0 Å². The highest BCUT2D eigenvalue weighted by Crippen LogP contribution is 2.32. The van der Waals surface area contributed by atoms with Crippen LogP contribution in [0.1, 0.15) is 18.2 Å². The molecule has 1 aliphatic heterocycles. The molecular weight excluding hydrogens is 337 g/mol. The van der Waals surface area contributed by atoms with Crippen molar-refractivity contribution < 1.29 is 18.4 Å². The van der Waals surface area contributed by atoms with Crippen LogP contribution in [0.2, 0.25) is 0 Å². The van der Waals surface area contributed by atoms with Gasteiger partial charge >= 0.3 is 0 Å². The van der Waals surface area contributed by atoms with Gasteiger partial charge in [0.25, 0.3) is 0 Å². The lowest BCUT2D eigenvalue weighted by atomic mass is 10.1. The van der Waals surface area contributed by atoms with Crippen LogP contribution in [0.15, 0.2) is 53.1 Å². The van der Waals surface area contributed by atoms with E-state index < -0.39 is 0 Å². The SMILES string of the molecule is COc1cccc(-c2noc(C3CC(=O)N(c4cccc(F)c4)C3)n2)c1. The fraction of sp³-hybridized carbons (Fsp3) is 0.211. The second-order valence-corrected chi connectivity index (χ2v) is 6.07. The second kappa shape index (κ2) is 6.59. The Morgan fingerprint density at radius 2 is 2.08 bits per heavy atom. The highest BCUT2D eigenvalue weighted by atomic mass is 19.1. The first-order valence-electron chi connectivity index (χ1n) is 8.18. The number of ether oxygens (including phenoxy) is 1. The summed E-state index contributed by atoms with van der Waals surface area (Å²) in [4.78, 5) is 18.3. The van der Waals surface area contributed by atoms with Gasteiger partial charge < -0.3 is 14.2 Å². The van der Waals surface area contributed by atoms with Gasteiger partial charge in [-0.2, -0.15) is 4.98 Å². The average Bonchev–Trinajstić information content (AvgIpc) is 3.28. The molecule has 1 saturated heterocycles. The Kier molecular flexibility index (Phi) is 4.12. The number of anilines is 1. The number of carbonyl (C=O) groups excluding carboxylic acids is 1. The minimum Gasteiger partial charge on any atom is -0.497 e. The molecule has 2 aromatic carbocycles. The van der Waals surface area contributed by atoms with Crippen molar-refractivity contribution >= 4 is 11.6 Å². The van der Waals surface area contributed by atoms with Crippen molar-refractivity contribution in [3.8, 4) is 17.1 Å². The van der Waals surface area contributed by atoms with Crippen LogP contribution in [0.4, 0.5) is 10.1 Å². The number of amides is 1. The van der Waals surface area contributed by atoms with E-state index in [1.807, 2.05) is 24.3 Å². The van der Waals surface area contributed by atoms with E-state index in [1.165, 1.54) is 12.1 Å². The predicted molar refractivity (Wildman–Crippen MR) is 92.4 cm³/mol. The fourth-order valence-corrected chi connectivity index (χ4v) is 3.05. The standard InChI is InChI=1S/C19H16FN3O3/c1-25-16-7-2-4-12(8-16)18-21-19(26-22-18)13-9-17(24)23(11-13)15-6-3-5-14(20)10-15/h2-8,10,13H,9,11H2,1H3. The summed E-state index contributed by atoms with van der Waals surface area (Å²) in [6.07, 6.45) is 0.246. The number of aromatic nitrogens is 2. The van der Waals surface area contributed by atoms with Gasteiger partial charge in [0.05, 0.1) is 13.0 Å². The zero-order valence-electron chi connectivity index (χ0n) is 14.1. The molecule has 7 heteroatoms. The normalized spacial score (nSPS) is 16.9. The lowest BCUT2D eigenvalue weighted by Crippen LogP contribution is -2.24. The molecule has 0 aliphatic carbocycles. The van der Waals surface area contributed by atoms with Crippen LogP contribution in [0.25, 0.3) is 11.4 Å². The van der Waals surface area contributed by atoms with E-state index in [9.17, 15) is 9.18 Å². The topological polar surface area (TPSA) is 68.5 Å². The molecule has 0 radical (unpaired) electrons. The molecule has 4 rings (SSSR count). The quantitative estimate of drug-likeness (QED) is 0.719. The molecule has 1 aromatic heterocycles. The number of benzene rings is 2. The van der Waals surface area contributed by atoms with Gasteiger partial charge in [-0.15, -0.1) is 0 Å². The van der Waals surface area contributed by atoms with E-state index in [2.05, 4.69) is 10.1 Å². The molecule has 1 aliphatic rings. The van der Waals surface area contributed by atoms with E-state index in [1.54, 1.807) is 24.1 Å². The van der Waals surface area contributed by atoms with Crippen molar-refractivity contribution in [3.63, 3.8) is 0 Å². The summed E-state index contributed by atoms with van der Waals surface area (Å²) in [7, 11) is 1.59. The maximum absolute atomic E-state index is 13.4. The molecule has 1 atom stereocenters. The Morgan fingerprint density at radius 3 is 2.88 bits per heavy atom. The minimum atomic E-state index is -0.378. The monoisotopic (exact) mass is 353 g/mol. The average molecular weight is 353 g/mol. The molecule has 0 saturated carbocycles. The number of nitrogens with zero attached hydrogens (tertiary/aromatic N) is 3. The highest BCUT2D eigenvalue weighted by Gasteiger charge is 2.35. The van der Waals surface area contributed by atoms with Crippen molar-refractivity contribution in [2.24, 2.45) is 0 Å². The van der Waals surface area contributed by atoms with Crippen molar-refractivity contribution in [2.45, 2.75) is 12.3 Å². The van der Waals surface area contributed by atoms with Gasteiger partial charge in [-0.3, -0.25) is 4.79 Å². The minimum absolute atomic E-state index is 0.0956. The van der Waals surface area contributed by atoms with Gasteiger partial charge in [-0.05, 0) is 30.3 Å². The summed E-state index contributed by atoms with van der Waals surface area (Å²) in [5.74, 6) is 0.837. The van der Waals surface area contributed by atoms with Crippen LogP contribution >= 0.6 is 0 Å². The van der Waals surface area contributed by atoms with E-state index in [0.29, 0.717) is 29.7 Å².